The van der Waals surface area contributed by atoms with E-state index in [-0.39, 0.29) is 22.5 Å². The molecule has 122 valence electrons. The van der Waals surface area contributed by atoms with Crippen molar-refractivity contribution in [3.8, 4) is 0 Å². The summed E-state index contributed by atoms with van der Waals surface area (Å²) in [5, 5.41) is 0. The van der Waals surface area contributed by atoms with Gasteiger partial charge in [0, 0.05) is 4.47 Å². The summed E-state index contributed by atoms with van der Waals surface area (Å²) in [5.74, 6) is -0.00711. The topological polar surface area (TPSA) is 29.1 Å². The second-order valence-corrected chi connectivity index (χ2v) is 9.52. The van der Waals surface area contributed by atoms with Crippen molar-refractivity contribution >= 4 is 26.9 Å². The van der Waals surface area contributed by atoms with Gasteiger partial charge in [-0.3, -0.25) is 0 Å². The van der Waals surface area contributed by atoms with Gasteiger partial charge in [0.25, 0.3) is 0 Å². The molecule has 0 aliphatic heterocycles. The van der Waals surface area contributed by atoms with Crippen molar-refractivity contribution in [1.29, 1.82) is 0 Å². The van der Waals surface area contributed by atoms with E-state index in [0.29, 0.717) is 0 Å². The molecule has 3 atom stereocenters. The first kappa shape index (κ1) is 17.8. The van der Waals surface area contributed by atoms with Gasteiger partial charge in [0.05, 0.1) is 21.8 Å². The van der Waals surface area contributed by atoms with Crippen LogP contribution < -0.4 is 4.72 Å². The van der Waals surface area contributed by atoms with Crippen LogP contribution in [0.5, 0.6) is 0 Å². The number of hydrogen-bond donors (Lipinski definition) is 1. The molecule has 0 saturated heterocycles. The number of nitrogens with one attached hydrogen (secondary N) is 1. The molecule has 0 fully saturated rings. The zero-order valence-corrected chi connectivity index (χ0v) is 15.6. The molecule has 0 spiro atoms. The van der Waals surface area contributed by atoms with E-state index >= 15 is 0 Å². The van der Waals surface area contributed by atoms with Crippen LogP contribution >= 0.6 is 15.9 Å². The molecule has 1 N–H and O–H groups in total. The molecule has 5 heteroatoms. The van der Waals surface area contributed by atoms with Crippen molar-refractivity contribution in [2.45, 2.75) is 50.8 Å². The van der Waals surface area contributed by atoms with E-state index in [2.05, 4.69) is 32.8 Å². The van der Waals surface area contributed by atoms with E-state index in [1.54, 1.807) is 6.07 Å². The van der Waals surface area contributed by atoms with Gasteiger partial charge in [-0.15, -0.1) is 0 Å². The minimum absolute atomic E-state index is 0.0911. The van der Waals surface area contributed by atoms with E-state index in [1.807, 2.05) is 20.8 Å². The van der Waals surface area contributed by atoms with Crippen molar-refractivity contribution in [3.05, 3.63) is 46.2 Å². The summed E-state index contributed by atoms with van der Waals surface area (Å²) in [6, 6.07) is 4.61. The third-order valence-corrected chi connectivity index (χ3v) is 6.07. The predicted octanol–water partition coefficient (Wildman–Crippen LogP) is 5.04. The predicted molar refractivity (Wildman–Crippen MR) is 94.4 cm³/mol. The summed E-state index contributed by atoms with van der Waals surface area (Å²) < 4.78 is 29.6. The van der Waals surface area contributed by atoms with Crippen LogP contribution in [0.3, 0.4) is 0 Å². The number of rotatable bonds is 4. The lowest BCUT2D eigenvalue weighted by Crippen LogP contribution is -2.38. The minimum atomic E-state index is -1.18. The molecule has 1 aromatic carbocycles. The van der Waals surface area contributed by atoms with Crippen molar-refractivity contribution in [2.75, 3.05) is 0 Å². The van der Waals surface area contributed by atoms with Gasteiger partial charge in [-0.2, -0.15) is 0 Å². The highest BCUT2D eigenvalue weighted by Gasteiger charge is 2.29. The van der Waals surface area contributed by atoms with Gasteiger partial charge in [-0.25, -0.2) is 13.3 Å². The summed E-state index contributed by atoms with van der Waals surface area (Å²) in [7, 11) is -1.18. The fraction of sp³-hybridized carbons (Fsp3) is 0.529. The van der Waals surface area contributed by atoms with Crippen molar-refractivity contribution < 1.29 is 8.60 Å². The highest BCUT2D eigenvalue weighted by molar-refractivity contribution is 9.10. The lowest BCUT2D eigenvalue weighted by Gasteiger charge is -2.31. The van der Waals surface area contributed by atoms with Gasteiger partial charge >= 0.3 is 0 Å². The normalized spacial score (nSPS) is 21.6. The van der Waals surface area contributed by atoms with E-state index in [4.69, 9.17) is 0 Å². The molecule has 22 heavy (non-hydrogen) atoms. The van der Waals surface area contributed by atoms with Crippen LogP contribution in [0.2, 0.25) is 0 Å². The number of hydrogen-bond acceptors (Lipinski definition) is 1. The molecular weight excluding hydrogens is 365 g/mol. The van der Waals surface area contributed by atoms with Crippen LogP contribution in [0.25, 0.3) is 0 Å². The second kappa shape index (κ2) is 7.37. The zero-order chi connectivity index (χ0) is 16.3. The lowest BCUT2D eigenvalue weighted by atomic mass is 9.86. The maximum atomic E-state index is 13.4. The molecule has 1 aliphatic rings. The highest BCUT2D eigenvalue weighted by atomic mass is 79.9. The molecular formula is C17H23BrFNOS. The van der Waals surface area contributed by atoms with Crippen LogP contribution in [0.1, 0.15) is 51.6 Å². The van der Waals surface area contributed by atoms with Crippen LogP contribution in [-0.2, 0) is 11.0 Å². The monoisotopic (exact) mass is 387 g/mol. The Morgan fingerprint density at radius 3 is 2.68 bits per heavy atom. The van der Waals surface area contributed by atoms with Crippen molar-refractivity contribution in [1.82, 2.24) is 4.72 Å². The van der Waals surface area contributed by atoms with Gasteiger partial charge in [0.15, 0.2) is 0 Å². The summed E-state index contributed by atoms with van der Waals surface area (Å²) in [4.78, 5) is 0. The Hall–Kier alpha value is -0.520. The van der Waals surface area contributed by atoms with Crippen LogP contribution in [0.15, 0.2) is 34.8 Å². The van der Waals surface area contributed by atoms with Gasteiger partial charge in [-0.1, -0.05) is 34.1 Å². The third kappa shape index (κ3) is 4.49. The van der Waals surface area contributed by atoms with Gasteiger partial charge in [-0.05, 0) is 63.6 Å². The molecule has 1 aliphatic carbocycles. The Kier molecular flexibility index (Phi) is 5.97. The summed E-state index contributed by atoms with van der Waals surface area (Å²) >= 11 is 3.45. The van der Waals surface area contributed by atoms with Crippen LogP contribution in [0, 0.1) is 11.7 Å². The van der Waals surface area contributed by atoms with E-state index in [1.165, 1.54) is 12.1 Å². The molecule has 0 aromatic heterocycles. The third-order valence-electron chi connectivity index (χ3n) is 3.81. The summed E-state index contributed by atoms with van der Waals surface area (Å²) in [5.41, 5.74) is 0.954. The summed E-state index contributed by atoms with van der Waals surface area (Å²) in [6.07, 6.45) is 7.63. The average molecular weight is 388 g/mol. The van der Waals surface area contributed by atoms with Gasteiger partial charge in [0.2, 0.25) is 0 Å². The first-order chi connectivity index (χ1) is 10.3. The number of halogens is 2. The molecule has 0 heterocycles. The first-order valence-corrected chi connectivity index (χ1v) is 9.53. The van der Waals surface area contributed by atoms with E-state index in [0.717, 1.165) is 29.3 Å². The Morgan fingerprint density at radius 1 is 1.41 bits per heavy atom. The SMILES string of the molecule is CC(C)(C)S(=O)N[C@H](c1ccc(F)cc1Br)[C@@H]1C=CCCC1. The molecule has 1 aromatic rings. The Labute approximate surface area is 143 Å². The molecule has 2 rings (SSSR count). The maximum Gasteiger partial charge on any atom is 0.124 e. The fourth-order valence-corrected chi connectivity index (χ4v) is 4.03. The highest BCUT2D eigenvalue weighted by Crippen LogP contribution is 2.35. The van der Waals surface area contributed by atoms with Crippen molar-refractivity contribution in [2.24, 2.45) is 5.92 Å². The van der Waals surface area contributed by atoms with Crippen molar-refractivity contribution in [3.63, 3.8) is 0 Å². The van der Waals surface area contributed by atoms with Gasteiger partial charge < -0.3 is 0 Å². The smallest absolute Gasteiger partial charge is 0.124 e. The fourth-order valence-electron chi connectivity index (χ4n) is 2.54. The standard InChI is InChI=1S/C17H23BrFNOS/c1-17(2,3)22(21)20-16(12-7-5-4-6-8-12)14-10-9-13(19)11-15(14)18/h5,7,9-12,16,20H,4,6,8H2,1-3H3/t12-,16+,22?/m1/s1. The first-order valence-electron chi connectivity index (χ1n) is 7.58. The minimum Gasteiger partial charge on any atom is -0.242 e. The molecule has 1 unspecified atom stereocenters. The zero-order valence-electron chi connectivity index (χ0n) is 13.2. The number of benzene rings is 1. The molecule has 0 amide bonds. The molecule has 0 bridgehead atoms. The Bertz CT molecular complexity index is 583. The Morgan fingerprint density at radius 2 is 2.14 bits per heavy atom. The largest absolute Gasteiger partial charge is 0.242 e. The van der Waals surface area contributed by atoms with Crippen LogP contribution in [-0.4, -0.2) is 8.96 Å². The molecule has 0 radical (unpaired) electrons. The quantitative estimate of drug-likeness (QED) is 0.720. The van der Waals surface area contributed by atoms with E-state index in [9.17, 15) is 8.60 Å². The van der Waals surface area contributed by atoms with Crippen LogP contribution in [0.4, 0.5) is 4.39 Å². The van der Waals surface area contributed by atoms with Gasteiger partial charge in [0.1, 0.15) is 5.82 Å². The maximum absolute atomic E-state index is 13.4. The summed E-state index contributed by atoms with van der Waals surface area (Å²) in [6.45, 7) is 5.84. The average Bonchev–Trinajstić information content (AvgIpc) is 2.45. The molecule has 0 saturated carbocycles. The Balaban J connectivity index is 2.34. The second-order valence-electron chi connectivity index (χ2n) is 6.67. The van der Waals surface area contributed by atoms with E-state index < -0.39 is 11.0 Å². The number of allylic oxidation sites excluding steroid dienone is 1. The molecule has 2 nitrogen and oxygen atoms in total. The lowest BCUT2D eigenvalue weighted by molar-refractivity contribution is 0.427.